The maximum atomic E-state index is 11.7. The maximum absolute atomic E-state index is 11.7. The van der Waals surface area contributed by atoms with E-state index in [0.29, 0.717) is 10.2 Å². The number of hydrogen-bond acceptors (Lipinski definition) is 4. The highest BCUT2D eigenvalue weighted by atomic mass is 35.5. The van der Waals surface area contributed by atoms with Gasteiger partial charge in [-0.1, -0.05) is 42.8 Å². The Balaban J connectivity index is 2.23. The first-order chi connectivity index (χ1) is 10.1. The van der Waals surface area contributed by atoms with Crippen molar-refractivity contribution in [2.24, 2.45) is 0 Å². The van der Waals surface area contributed by atoms with Crippen LogP contribution < -0.4 is 10.9 Å². The van der Waals surface area contributed by atoms with Gasteiger partial charge in [-0.05, 0) is 31.2 Å². The normalized spacial score (nSPS) is 10.8. The molecule has 1 aromatic heterocycles. The van der Waals surface area contributed by atoms with Crippen LogP contribution in [0.15, 0.2) is 39.1 Å². The van der Waals surface area contributed by atoms with Gasteiger partial charge in [-0.25, -0.2) is 4.98 Å². The van der Waals surface area contributed by atoms with E-state index in [1.807, 2.05) is 25.2 Å². The minimum Gasteiger partial charge on any atom is -0.316 e. The summed E-state index contributed by atoms with van der Waals surface area (Å²) in [5, 5.41) is 4.33. The zero-order chi connectivity index (χ0) is 15.2. The molecule has 0 bridgehead atoms. The SMILES string of the molecule is CCCc1cc(=O)[nH]c(Sc2ccc(CNC)cc2Cl)n1. The molecule has 2 rings (SSSR count). The third-order valence-corrected chi connectivity index (χ3v) is 4.25. The van der Waals surface area contributed by atoms with Crippen LogP contribution in [0, 0.1) is 0 Å². The first-order valence-electron chi connectivity index (χ1n) is 6.83. The van der Waals surface area contributed by atoms with Gasteiger partial charge in [-0.15, -0.1) is 0 Å². The van der Waals surface area contributed by atoms with Gasteiger partial charge in [0.1, 0.15) is 0 Å². The standard InChI is InChI=1S/C15H18ClN3OS/c1-3-4-11-8-14(20)19-15(18-11)21-13-6-5-10(9-17-2)7-12(13)16/h5-8,17H,3-4,9H2,1-2H3,(H,18,19,20). The zero-order valence-electron chi connectivity index (χ0n) is 12.1. The predicted molar refractivity (Wildman–Crippen MR) is 87.2 cm³/mol. The molecule has 0 saturated heterocycles. The second-order valence-corrected chi connectivity index (χ2v) is 6.13. The Bertz CT molecular complexity index is 672. The molecule has 0 radical (unpaired) electrons. The smallest absolute Gasteiger partial charge is 0.251 e. The molecule has 0 spiro atoms. The van der Waals surface area contributed by atoms with E-state index in [-0.39, 0.29) is 5.56 Å². The molecule has 0 saturated carbocycles. The molecule has 0 unspecified atom stereocenters. The van der Waals surface area contributed by atoms with Crippen LogP contribution in [0.4, 0.5) is 0 Å². The van der Waals surface area contributed by atoms with Crippen LogP contribution in [0.25, 0.3) is 0 Å². The number of aryl methyl sites for hydroxylation is 1. The molecule has 0 amide bonds. The summed E-state index contributed by atoms with van der Waals surface area (Å²) in [6, 6.07) is 7.43. The van der Waals surface area contributed by atoms with E-state index in [4.69, 9.17) is 11.6 Å². The minimum absolute atomic E-state index is 0.126. The van der Waals surface area contributed by atoms with E-state index in [0.717, 1.165) is 35.5 Å². The van der Waals surface area contributed by atoms with E-state index in [1.54, 1.807) is 6.07 Å². The van der Waals surface area contributed by atoms with Crippen LogP contribution >= 0.6 is 23.4 Å². The minimum atomic E-state index is -0.126. The van der Waals surface area contributed by atoms with Gasteiger partial charge in [0.2, 0.25) is 0 Å². The molecule has 0 aliphatic heterocycles. The molecule has 0 atom stereocenters. The van der Waals surface area contributed by atoms with Crippen LogP contribution in [0.5, 0.6) is 0 Å². The Labute approximate surface area is 133 Å². The van der Waals surface area contributed by atoms with E-state index in [2.05, 4.69) is 22.2 Å². The van der Waals surface area contributed by atoms with Crippen molar-refractivity contribution in [3.63, 3.8) is 0 Å². The number of halogens is 1. The Kier molecular flexibility index (Phi) is 5.85. The number of nitrogens with zero attached hydrogens (tertiary/aromatic N) is 1. The van der Waals surface area contributed by atoms with E-state index < -0.39 is 0 Å². The van der Waals surface area contributed by atoms with Gasteiger partial charge in [0.05, 0.1) is 5.02 Å². The van der Waals surface area contributed by atoms with Crippen LogP contribution in [0.2, 0.25) is 5.02 Å². The summed E-state index contributed by atoms with van der Waals surface area (Å²) in [5.41, 5.74) is 1.80. The second kappa shape index (κ2) is 7.64. The summed E-state index contributed by atoms with van der Waals surface area (Å²) in [6.45, 7) is 2.83. The van der Waals surface area contributed by atoms with Gasteiger partial charge in [0.25, 0.3) is 5.56 Å². The fraction of sp³-hybridized carbons (Fsp3) is 0.333. The van der Waals surface area contributed by atoms with Crippen LogP contribution in [-0.2, 0) is 13.0 Å². The lowest BCUT2D eigenvalue weighted by Crippen LogP contribution is -2.09. The number of benzene rings is 1. The summed E-state index contributed by atoms with van der Waals surface area (Å²) in [5.74, 6) is 0. The molecule has 4 nitrogen and oxygen atoms in total. The van der Waals surface area contributed by atoms with E-state index >= 15 is 0 Å². The number of nitrogens with one attached hydrogen (secondary N) is 2. The Morgan fingerprint density at radius 3 is 2.86 bits per heavy atom. The van der Waals surface area contributed by atoms with E-state index in [1.165, 1.54) is 11.8 Å². The Hall–Kier alpha value is -1.30. The summed E-state index contributed by atoms with van der Waals surface area (Å²) in [7, 11) is 1.89. The summed E-state index contributed by atoms with van der Waals surface area (Å²) in [4.78, 5) is 19.7. The molecule has 21 heavy (non-hydrogen) atoms. The van der Waals surface area contributed by atoms with Crippen molar-refractivity contribution >= 4 is 23.4 Å². The lowest BCUT2D eigenvalue weighted by atomic mass is 10.2. The van der Waals surface area contributed by atoms with Crippen LogP contribution in [0.1, 0.15) is 24.6 Å². The lowest BCUT2D eigenvalue weighted by Gasteiger charge is -2.07. The average Bonchev–Trinajstić information content (AvgIpc) is 2.42. The van der Waals surface area contributed by atoms with Crippen LogP contribution in [0.3, 0.4) is 0 Å². The highest BCUT2D eigenvalue weighted by molar-refractivity contribution is 7.99. The number of hydrogen-bond donors (Lipinski definition) is 2. The van der Waals surface area contributed by atoms with Crippen molar-refractivity contribution in [2.45, 2.75) is 36.4 Å². The number of aromatic nitrogens is 2. The van der Waals surface area contributed by atoms with Crippen molar-refractivity contribution in [3.05, 3.63) is 50.9 Å². The van der Waals surface area contributed by atoms with Gasteiger partial charge < -0.3 is 10.3 Å². The first kappa shape index (κ1) is 16.1. The van der Waals surface area contributed by atoms with Crippen molar-refractivity contribution in [3.8, 4) is 0 Å². The molecule has 0 fully saturated rings. The fourth-order valence-corrected chi connectivity index (χ4v) is 3.10. The molecule has 1 heterocycles. The highest BCUT2D eigenvalue weighted by Crippen LogP contribution is 2.31. The maximum Gasteiger partial charge on any atom is 0.251 e. The highest BCUT2D eigenvalue weighted by Gasteiger charge is 2.07. The number of H-pyrrole nitrogens is 1. The summed E-state index contributed by atoms with van der Waals surface area (Å²) >= 11 is 7.66. The van der Waals surface area contributed by atoms with Crippen LogP contribution in [-0.4, -0.2) is 17.0 Å². The van der Waals surface area contributed by atoms with Gasteiger partial charge in [-0.2, -0.15) is 0 Å². The third-order valence-electron chi connectivity index (χ3n) is 2.86. The molecular formula is C15H18ClN3OS. The van der Waals surface area contributed by atoms with Gasteiger partial charge in [0, 0.05) is 23.2 Å². The Morgan fingerprint density at radius 2 is 2.19 bits per heavy atom. The molecule has 2 aromatic rings. The molecule has 0 aliphatic carbocycles. The van der Waals surface area contributed by atoms with Gasteiger partial charge in [-0.3, -0.25) is 4.79 Å². The topological polar surface area (TPSA) is 57.8 Å². The molecule has 1 aromatic carbocycles. The average molecular weight is 324 g/mol. The quantitative estimate of drug-likeness (QED) is 0.801. The van der Waals surface area contributed by atoms with Gasteiger partial charge in [0.15, 0.2) is 5.16 Å². The zero-order valence-corrected chi connectivity index (χ0v) is 13.6. The van der Waals surface area contributed by atoms with Gasteiger partial charge >= 0.3 is 0 Å². The molecule has 2 N–H and O–H groups in total. The molecular weight excluding hydrogens is 306 g/mol. The monoisotopic (exact) mass is 323 g/mol. The molecule has 6 heteroatoms. The summed E-state index contributed by atoms with van der Waals surface area (Å²) < 4.78 is 0. The lowest BCUT2D eigenvalue weighted by molar-refractivity contribution is 0.814. The molecule has 112 valence electrons. The first-order valence-corrected chi connectivity index (χ1v) is 8.03. The Morgan fingerprint density at radius 1 is 1.38 bits per heavy atom. The van der Waals surface area contributed by atoms with E-state index in [9.17, 15) is 4.79 Å². The predicted octanol–water partition coefficient (Wildman–Crippen LogP) is 3.25. The number of aromatic amines is 1. The number of rotatable bonds is 6. The van der Waals surface area contributed by atoms with Crippen molar-refractivity contribution in [1.82, 2.24) is 15.3 Å². The third kappa shape index (κ3) is 4.59. The van der Waals surface area contributed by atoms with Crippen molar-refractivity contribution < 1.29 is 0 Å². The second-order valence-electron chi connectivity index (χ2n) is 4.69. The largest absolute Gasteiger partial charge is 0.316 e. The fourth-order valence-electron chi connectivity index (χ4n) is 1.96. The molecule has 0 aliphatic rings. The summed E-state index contributed by atoms with van der Waals surface area (Å²) in [6.07, 6.45) is 1.76. The van der Waals surface area contributed by atoms with Crippen molar-refractivity contribution in [1.29, 1.82) is 0 Å². The van der Waals surface area contributed by atoms with Crippen molar-refractivity contribution in [2.75, 3.05) is 7.05 Å².